The molecule has 0 aliphatic carbocycles. The number of methoxy groups -OCH3 is 1. The largest absolute Gasteiger partial charge is 0.481 e. The molecule has 0 amide bonds. The number of rotatable bonds is 4. The van der Waals surface area contributed by atoms with Gasteiger partial charge in [-0.3, -0.25) is 0 Å². The lowest BCUT2D eigenvalue weighted by molar-refractivity contribution is 0.313. The molecular formula is C13H18ClN5O2. The fourth-order valence-electron chi connectivity index (χ4n) is 2.35. The van der Waals surface area contributed by atoms with Crippen LogP contribution in [0.15, 0.2) is 16.9 Å². The van der Waals surface area contributed by atoms with Gasteiger partial charge in [-0.2, -0.15) is 4.98 Å². The Morgan fingerprint density at radius 1 is 1.33 bits per heavy atom. The highest BCUT2D eigenvalue weighted by molar-refractivity contribution is 5.85. The molecule has 1 fully saturated rings. The van der Waals surface area contributed by atoms with E-state index in [1.807, 2.05) is 0 Å². The zero-order valence-electron chi connectivity index (χ0n) is 11.8. The van der Waals surface area contributed by atoms with Crippen LogP contribution in [-0.4, -0.2) is 40.3 Å². The summed E-state index contributed by atoms with van der Waals surface area (Å²) in [4.78, 5) is 12.5. The molecule has 0 saturated carbocycles. The number of piperidine rings is 1. The van der Waals surface area contributed by atoms with E-state index in [0.717, 1.165) is 32.4 Å². The second-order valence-corrected chi connectivity index (χ2v) is 4.85. The zero-order valence-corrected chi connectivity index (χ0v) is 12.6. The van der Waals surface area contributed by atoms with Gasteiger partial charge in [0.1, 0.15) is 12.0 Å². The highest BCUT2D eigenvalue weighted by Crippen LogP contribution is 2.20. The predicted octanol–water partition coefficient (Wildman–Crippen LogP) is 1.50. The number of aromatic nitrogens is 4. The Bertz CT molecular complexity index is 571. The molecule has 21 heavy (non-hydrogen) atoms. The average molecular weight is 312 g/mol. The average Bonchev–Trinajstić information content (AvgIpc) is 2.97. The lowest BCUT2D eigenvalue weighted by atomic mass is 9.95. The number of nitrogens with zero attached hydrogens (tertiary/aromatic N) is 4. The molecule has 0 unspecified atom stereocenters. The van der Waals surface area contributed by atoms with Crippen molar-refractivity contribution >= 4 is 12.4 Å². The highest BCUT2D eigenvalue weighted by atomic mass is 35.5. The molecule has 3 heterocycles. The van der Waals surface area contributed by atoms with Crippen molar-refractivity contribution in [3.8, 4) is 17.4 Å². The van der Waals surface area contributed by atoms with Gasteiger partial charge in [0.05, 0.1) is 7.11 Å². The maximum absolute atomic E-state index is 5.31. The van der Waals surface area contributed by atoms with Gasteiger partial charge in [0.15, 0.2) is 0 Å². The number of hydrogen-bond acceptors (Lipinski definition) is 7. The van der Waals surface area contributed by atoms with Crippen molar-refractivity contribution in [2.75, 3.05) is 20.2 Å². The van der Waals surface area contributed by atoms with Crippen LogP contribution in [0.5, 0.6) is 5.88 Å². The van der Waals surface area contributed by atoms with E-state index in [0.29, 0.717) is 29.2 Å². The van der Waals surface area contributed by atoms with Crippen molar-refractivity contribution in [2.45, 2.75) is 19.3 Å². The molecule has 1 N–H and O–H groups in total. The van der Waals surface area contributed by atoms with Crippen LogP contribution in [0, 0.1) is 5.92 Å². The molecule has 0 spiro atoms. The molecule has 1 aliphatic rings. The molecule has 0 atom stereocenters. The Morgan fingerprint density at radius 2 is 2.14 bits per heavy atom. The number of ether oxygens (including phenoxy) is 1. The molecule has 2 aromatic heterocycles. The van der Waals surface area contributed by atoms with Crippen molar-refractivity contribution in [1.29, 1.82) is 0 Å². The topological polar surface area (TPSA) is 86.0 Å². The SMILES string of the molecule is COc1cc(-c2noc(CC3CCNCC3)n2)ncn1.Cl. The van der Waals surface area contributed by atoms with Crippen LogP contribution in [0.4, 0.5) is 0 Å². The third-order valence-electron chi connectivity index (χ3n) is 3.47. The molecule has 3 rings (SSSR count). The predicted molar refractivity (Wildman–Crippen MR) is 78.4 cm³/mol. The van der Waals surface area contributed by atoms with Crippen molar-refractivity contribution in [3.63, 3.8) is 0 Å². The Hall–Kier alpha value is -1.73. The summed E-state index contributed by atoms with van der Waals surface area (Å²) in [5.74, 6) is 2.25. The van der Waals surface area contributed by atoms with Crippen molar-refractivity contribution < 1.29 is 9.26 Å². The van der Waals surface area contributed by atoms with E-state index in [-0.39, 0.29) is 12.4 Å². The molecule has 2 aromatic rings. The van der Waals surface area contributed by atoms with Gasteiger partial charge in [0.25, 0.3) is 0 Å². The van der Waals surface area contributed by atoms with Crippen LogP contribution in [0.3, 0.4) is 0 Å². The summed E-state index contributed by atoms with van der Waals surface area (Å²) >= 11 is 0. The van der Waals surface area contributed by atoms with Crippen LogP contribution in [0.2, 0.25) is 0 Å². The van der Waals surface area contributed by atoms with Crippen LogP contribution < -0.4 is 10.1 Å². The molecule has 1 aliphatic heterocycles. The second kappa shape index (κ2) is 7.33. The van der Waals surface area contributed by atoms with Gasteiger partial charge in [-0.05, 0) is 31.8 Å². The van der Waals surface area contributed by atoms with Crippen LogP contribution in [-0.2, 0) is 6.42 Å². The van der Waals surface area contributed by atoms with E-state index in [1.54, 1.807) is 13.2 Å². The van der Waals surface area contributed by atoms with E-state index in [1.165, 1.54) is 6.33 Å². The fourth-order valence-corrected chi connectivity index (χ4v) is 2.35. The lowest BCUT2D eigenvalue weighted by Crippen LogP contribution is -2.28. The summed E-state index contributed by atoms with van der Waals surface area (Å²) in [5, 5.41) is 7.33. The van der Waals surface area contributed by atoms with E-state index < -0.39 is 0 Å². The first-order chi connectivity index (χ1) is 9.85. The summed E-state index contributed by atoms with van der Waals surface area (Å²) in [6.45, 7) is 2.13. The molecule has 0 aromatic carbocycles. The molecule has 0 radical (unpaired) electrons. The minimum absolute atomic E-state index is 0. The minimum atomic E-state index is 0. The van der Waals surface area contributed by atoms with Crippen LogP contribution in [0.1, 0.15) is 18.7 Å². The fraction of sp³-hybridized carbons (Fsp3) is 0.538. The molecule has 8 heteroatoms. The first-order valence-electron chi connectivity index (χ1n) is 6.75. The van der Waals surface area contributed by atoms with Crippen molar-refractivity contribution in [1.82, 2.24) is 25.4 Å². The monoisotopic (exact) mass is 311 g/mol. The van der Waals surface area contributed by atoms with Gasteiger partial charge < -0.3 is 14.6 Å². The molecular weight excluding hydrogens is 294 g/mol. The van der Waals surface area contributed by atoms with E-state index in [9.17, 15) is 0 Å². The van der Waals surface area contributed by atoms with Gasteiger partial charge in [-0.25, -0.2) is 9.97 Å². The Labute approximate surface area is 128 Å². The minimum Gasteiger partial charge on any atom is -0.481 e. The Kier molecular flexibility index (Phi) is 5.46. The number of halogens is 1. The molecule has 0 bridgehead atoms. The standard InChI is InChI=1S/C13H17N5O2.ClH/c1-19-11-7-10(15-8-16-11)13-17-12(20-18-13)6-9-2-4-14-5-3-9;/h7-9,14H,2-6H2,1H3;1H. The first-order valence-corrected chi connectivity index (χ1v) is 6.75. The van der Waals surface area contributed by atoms with Gasteiger partial charge >= 0.3 is 0 Å². The van der Waals surface area contributed by atoms with Crippen LogP contribution >= 0.6 is 12.4 Å². The maximum atomic E-state index is 5.31. The van der Waals surface area contributed by atoms with Crippen LogP contribution in [0.25, 0.3) is 11.5 Å². The van der Waals surface area contributed by atoms with E-state index in [2.05, 4.69) is 25.4 Å². The van der Waals surface area contributed by atoms with Gasteiger partial charge in [-0.15, -0.1) is 12.4 Å². The molecule has 1 saturated heterocycles. The summed E-state index contributed by atoms with van der Waals surface area (Å²) in [6, 6.07) is 1.69. The van der Waals surface area contributed by atoms with Gasteiger partial charge in [-0.1, -0.05) is 5.16 Å². The quantitative estimate of drug-likeness (QED) is 0.915. The zero-order chi connectivity index (χ0) is 13.8. The third-order valence-corrected chi connectivity index (χ3v) is 3.47. The summed E-state index contributed by atoms with van der Waals surface area (Å²) in [5.41, 5.74) is 0.608. The Morgan fingerprint density at radius 3 is 2.90 bits per heavy atom. The molecule has 7 nitrogen and oxygen atoms in total. The van der Waals surface area contributed by atoms with E-state index in [4.69, 9.17) is 9.26 Å². The van der Waals surface area contributed by atoms with Crippen molar-refractivity contribution in [3.05, 3.63) is 18.3 Å². The summed E-state index contributed by atoms with van der Waals surface area (Å²) < 4.78 is 10.4. The van der Waals surface area contributed by atoms with Gasteiger partial charge in [0, 0.05) is 12.5 Å². The highest BCUT2D eigenvalue weighted by Gasteiger charge is 2.18. The van der Waals surface area contributed by atoms with Crippen molar-refractivity contribution in [2.24, 2.45) is 5.92 Å². The number of hydrogen-bond donors (Lipinski definition) is 1. The normalized spacial score (nSPS) is 15.5. The lowest BCUT2D eigenvalue weighted by Gasteiger charge is -2.20. The summed E-state index contributed by atoms with van der Waals surface area (Å²) in [6.07, 6.45) is 4.56. The second-order valence-electron chi connectivity index (χ2n) is 4.85. The third kappa shape index (κ3) is 3.89. The Balaban J connectivity index is 0.00000161. The van der Waals surface area contributed by atoms with E-state index >= 15 is 0 Å². The van der Waals surface area contributed by atoms with Gasteiger partial charge in [0.2, 0.25) is 17.6 Å². The first kappa shape index (κ1) is 15.7. The number of nitrogens with one attached hydrogen (secondary N) is 1. The maximum Gasteiger partial charge on any atom is 0.227 e. The smallest absolute Gasteiger partial charge is 0.227 e. The molecule has 114 valence electrons. The summed E-state index contributed by atoms with van der Waals surface area (Å²) in [7, 11) is 1.56.